The van der Waals surface area contributed by atoms with E-state index in [0.29, 0.717) is 51.2 Å². The topological polar surface area (TPSA) is 75.9 Å². The molecule has 0 atom stereocenters. The van der Waals surface area contributed by atoms with Gasteiger partial charge in [-0.15, -0.1) is 0 Å². The van der Waals surface area contributed by atoms with Gasteiger partial charge in [-0.05, 0) is 84.2 Å². The van der Waals surface area contributed by atoms with Gasteiger partial charge in [-0.25, -0.2) is 4.85 Å². The number of aromatic nitrogens is 7. The third kappa shape index (κ3) is 5.46. The monoisotopic (exact) mass is 935 g/mol. The molecule has 0 saturated carbocycles. The van der Waals surface area contributed by atoms with Crippen molar-refractivity contribution in [2.24, 2.45) is 0 Å². The number of benzene rings is 10. The van der Waals surface area contributed by atoms with E-state index < -0.39 is 0 Å². The third-order valence-corrected chi connectivity index (χ3v) is 14.6. The molecule has 0 bridgehead atoms. The summed E-state index contributed by atoms with van der Waals surface area (Å²) in [7, 11) is 0. The molecular weight excluding hydrogens is 897 g/mol. The molecular formula is C64H36N8O. The lowest BCUT2D eigenvalue weighted by Gasteiger charge is -2.20. The predicted molar refractivity (Wildman–Crippen MR) is 296 cm³/mol. The number of furan rings is 1. The third-order valence-electron chi connectivity index (χ3n) is 14.6. The number of para-hydroxylation sites is 7. The predicted octanol–water partition coefficient (Wildman–Crippen LogP) is 16.4. The molecule has 0 unspecified atom stereocenters. The van der Waals surface area contributed by atoms with Crippen LogP contribution >= 0.6 is 0 Å². The number of hydrogen-bond donors (Lipinski definition) is 0. The van der Waals surface area contributed by atoms with Crippen molar-refractivity contribution in [3.8, 4) is 34.7 Å². The van der Waals surface area contributed by atoms with E-state index in [1.54, 1.807) is 6.07 Å². The number of nitrogens with zero attached hydrogens (tertiary/aromatic N) is 8. The molecule has 0 spiro atoms. The summed E-state index contributed by atoms with van der Waals surface area (Å²) in [4.78, 5) is 20.6. The largest absolute Gasteiger partial charge is 0.456 e. The highest BCUT2D eigenvalue weighted by molar-refractivity contribution is 6.25. The summed E-state index contributed by atoms with van der Waals surface area (Å²) in [6.45, 7) is 8.03. The van der Waals surface area contributed by atoms with Crippen molar-refractivity contribution in [1.82, 2.24) is 33.2 Å². The zero-order valence-corrected chi connectivity index (χ0v) is 38.5. The Kier molecular flexibility index (Phi) is 7.46. The van der Waals surface area contributed by atoms with E-state index in [1.165, 1.54) is 0 Å². The Morgan fingerprint density at radius 2 is 0.836 bits per heavy atom. The average Bonchev–Trinajstić information content (AvgIpc) is 4.30. The molecule has 338 valence electrons. The minimum Gasteiger partial charge on any atom is -0.456 e. The fraction of sp³-hybridized carbons (Fsp3) is 0. The molecule has 0 amide bonds. The van der Waals surface area contributed by atoms with E-state index in [2.05, 4.69) is 85.3 Å². The minimum absolute atomic E-state index is 0.176. The summed E-state index contributed by atoms with van der Waals surface area (Å²) in [6, 6.07) is 65.9. The summed E-state index contributed by atoms with van der Waals surface area (Å²) in [5.41, 5.74) is 9.29. The van der Waals surface area contributed by atoms with Gasteiger partial charge in [-0.3, -0.25) is 9.13 Å². The number of fused-ring (bicyclic) bond motifs is 16. The van der Waals surface area contributed by atoms with Crippen LogP contribution in [0.3, 0.4) is 0 Å². The Hall–Kier alpha value is -10.3. The van der Waals surface area contributed by atoms with Crippen LogP contribution in [0.15, 0.2) is 223 Å². The van der Waals surface area contributed by atoms with Crippen LogP contribution in [0.5, 0.6) is 0 Å². The van der Waals surface area contributed by atoms with Crippen molar-refractivity contribution in [3.05, 3.63) is 230 Å². The van der Waals surface area contributed by atoms with Crippen LogP contribution in [0, 0.1) is 6.57 Å². The summed E-state index contributed by atoms with van der Waals surface area (Å²) >= 11 is 0. The van der Waals surface area contributed by atoms with Gasteiger partial charge >= 0.3 is 0 Å². The molecule has 6 heterocycles. The Morgan fingerprint density at radius 1 is 0.397 bits per heavy atom. The molecule has 10 aromatic carbocycles. The second-order valence-electron chi connectivity index (χ2n) is 18.4. The van der Waals surface area contributed by atoms with E-state index in [0.717, 1.165) is 92.5 Å². The Bertz CT molecular complexity index is 5030. The van der Waals surface area contributed by atoms with Crippen molar-refractivity contribution in [1.29, 1.82) is 0 Å². The first-order chi connectivity index (χ1) is 37.4. The zero-order valence-electron chi connectivity index (χ0n) is 41.5. The highest BCUT2D eigenvalue weighted by Gasteiger charge is 2.28. The van der Waals surface area contributed by atoms with Crippen LogP contribution in [0.1, 0.15) is 4.11 Å². The van der Waals surface area contributed by atoms with Crippen LogP contribution < -0.4 is 0 Å². The van der Waals surface area contributed by atoms with Gasteiger partial charge in [0, 0.05) is 43.1 Å². The van der Waals surface area contributed by atoms with E-state index >= 15 is 0 Å². The minimum atomic E-state index is -0.285. The lowest BCUT2D eigenvalue weighted by atomic mass is 10.1. The standard InChI is InChI=1S/C64H36N8O/c1-65-38-33-35-54-47(37-38)44-22-7-9-24-48(44)69(54)55-30-16-31-56(70-49-25-10-6-21-43(49)45-34-36-58-59(61(45)70)46-23-8-15-32-57(46)73-58)60(55)62-66-63(71-50-26-11-2-17-39(50)40-18-3-12-27-51(40)71)68-64(67-62)72-52-28-13-4-19-41(52)42-20-5-14-29-53(42)72/h2-37H/i16D,30D,31D. The first-order valence-electron chi connectivity index (χ1n) is 25.6. The molecule has 9 heteroatoms. The first-order valence-corrected chi connectivity index (χ1v) is 24.1. The molecule has 0 radical (unpaired) electrons. The highest BCUT2D eigenvalue weighted by Crippen LogP contribution is 2.46. The Balaban J connectivity index is 1.16. The van der Waals surface area contributed by atoms with E-state index in [1.807, 2.05) is 132 Å². The van der Waals surface area contributed by atoms with Gasteiger partial charge in [0.2, 0.25) is 11.9 Å². The molecule has 16 aromatic rings. The summed E-state index contributed by atoms with van der Waals surface area (Å²) in [5, 5.41) is 9.31. The SMILES string of the molecule is [2H]c1c([2H])c(-n2c3ccccc3c3cc([N+]#[C-])ccc32)c(-c2nc(-n3c4ccccc4c4ccccc43)nc(-n3c4ccccc4c4ccccc43)n2)c(-n2c3ccccc3c3ccc4oc5ccccc5c4c32)c1[2H]. The second kappa shape index (κ2) is 14.9. The van der Waals surface area contributed by atoms with Crippen LogP contribution in [-0.2, 0) is 0 Å². The maximum Gasteiger partial charge on any atom is 0.240 e. The van der Waals surface area contributed by atoms with E-state index in [4.69, 9.17) is 25.9 Å². The quantitative estimate of drug-likeness (QED) is 0.161. The van der Waals surface area contributed by atoms with Gasteiger partial charge in [0.25, 0.3) is 0 Å². The molecule has 6 aromatic heterocycles. The molecule has 0 aliphatic carbocycles. The van der Waals surface area contributed by atoms with Crippen molar-refractivity contribution in [3.63, 3.8) is 0 Å². The molecule has 0 N–H and O–H groups in total. The molecule has 0 saturated heterocycles. The first kappa shape index (κ1) is 36.7. The van der Waals surface area contributed by atoms with Crippen molar-refractivity contribution >= 4 is 115 Å². The fourth-order valence-electron chi connectivity index (χ4n) is 11.6. The van der Waals surface area contributed by atoms with Crippen molar-refractivity contribution in [2.45, 2.75) is 0 Å². The van der Waals surface area contributed by atoms with E-state index in [-0.39, 0.29) is 24.0 Å². The number of rotatable bonds is 5. The van der Waals surface area contributed by atoms with E-state index in [9.17, 15) is 4.11 Å². The maximum atomic E-state index is 10.4. The van der Waals surface area contributed by atoms with Gasteiger partial charge in [-0.2, -0.15) is 15.0 Å². The van der Waals surface area contributed by atoms with Gasteiger partial charge in [0.15, 0.2) is 11.5 Å². The molecule has 16 rings (SSSR count). The van der Waals surface area contributed by atoms with Gasteiger partial charge in [0.05, 0.1) is 77.1 Å². The van der Waals surface area contributed by atoms with Crippen LogP contribution in [0.25, 0.3) is 149 Å². The molecule has 0 aliphatic rings. The molecule has 0 fully saturated rings. The Morgan fingerprint density at radius 3 is 1.38 bits per heavy atom. The summed E-state index contributed by atoms with van der Waals surface area (Å²) < 4.78 is 45.6. The normalized spacial score (nSPS) is 12.7. The maximum absolute atomic E-state index is 10.4. The second-order valence-corrected chi connectivity index (χ2v) is 18.4. The van der Waals surface area contributed by atoms with Crippen LogP contribution in [0.4, 0.5) is 5.69 Å². The summed E-state index contributed by atoms with van der Waals surface area (Å²) in [5.74, 6) is 0.812. The van der Waals surface area contributed by atoms with Gasteiger partial charge in [0.1, 0.15) is 11.2 Å². The zero-order chi connectivity index (χ0) is 50.5. The molecule has 73 heavy (non-hydrogen) atoms. The lowest BCUT2D eigenvalue weighted by Crippen LogP contribution is -2.12. The molecule has 0 aliphatic heterocycles. The van der Waals surface area contributed by atoms with Gasteiger partial charge < -0.3 is 13.6 Å². The van der Waals surface area contributed by atoms with Crippen LogP contribution in [-0.4, -0.2) is 33.2 Å². The highest BCUT2D eigenvalue weighted by atomic mass is 16.3. The van der Waals surface area contributed by atoms with Crippen molar-refractivity contribution < 1.29 is 8.53 Å². The Labute approximate surface area is 419 Å². The number of hydrogen-bond acceptors (Lipinski definition) is 4. The van der Waals surface area contributed by atoms with Crippen molar-refractivity contribution in [2.75, 3.05) is 0 Å². The molecule has 9 nitrogen and oxygen atoms in total. The lowest BCUT2D eigenvalue weighted by molar-refractivity contribution is 0.669. The smallest absolute Gasteiger partial charge is 0.240 e. The average molecular weight is 936 g/mol. The fourth-order valence-corrected chi connectivity index (χ4v) is 11.6. The summed E-state index contributed by atoms with van der Waals surface area (Å²) in [6.07, 6.45) is 0. The van der Waals surface area contributed by atoms with Gasteiger partial charge in [-0.1, -0.05) is 140 Å². The van der Waals surface area contributed by atoms with Crippen LogP contribution in [0.2, 0.25) is 0 Å².